The van der Waals surface area contributed by atoms with Crippen molar-refractivity contribution < 1.29 is 18.0 Å². The lowest BCUT2D eigenvalue weighted by molar-refractivity contribution is -0.137. The van der Waals surface area contributed by atoms with Gasteiger partial charge in [-0.2, -0.15) is 13.2 Å². The summed E-state index contributed by atoms with van der Waals surface area (Å²) in [6, 6.07) is 8.38. The van der Waals surface area contributed by atoms with Crippen molar-refractivity contribution in [3.05, 3.63) is 58.8 Å². The van der Waals surface area contributed by atoms with E-state index in [-0.39, 0.29) is 5.91 Å². The minimum atomic E-state index is -4.38. The fraction of sp³-hybridized carbons (Fsp3) is 0.400. The van der Waals surface area contributed by atoms with Gasteiger partial charge < -0.3 is 9.80 Å². The smallest absolute Gasteiger partial charge is 0.353 e. The molecule has 1 saturated heterocycles. The molecule has 1 aromatic carbocycles. The summed E-state index contributed by atoms with van der Waals surface area (Å²) in [5.41, 5.74) is 2.49. The van der Waals surface area contributed by atoms with E-state index in [0.29, 0.717) is 32.0 Å². The molecule has 0 N–H and O–H groups in total. The number of hydrogen-bond donors (Lipinski definition) is 0. The molecule has 2 heterocycles. The van der Waals surface area contributed by atoms with E-state index in [1.165, 1.54) is 17.2 Å². The zero-order valence-corrected chi connectivity index (χ0v) is 14.8. The molecule has 1 aliphatic carbocycles. The van der Waals surface area contributed by atoms with Gasteiger partial charge >= 0.3 is 6.18 Å². The van der Waals surface area contributed by atoms with E-state index in [0.717, 1.165) is 37.1 Å². The van der Waals surface area contributed by atoms with Crippen LogP contribution in [0.15, 0.2) is 36.5 Å². The van der Waals surface area contributed by atoms with Crippen LogP contribution in [0.25, 0.3) is 0 Å². The first-order valence-corrected chi connectivity index (χ1v) is 9.12. The van der Waals surface area contributed by atoms with Gasteiger partial charge in [0.15, 0.2) is 0 Å². The van der Waals surface area contributed by atoms with E-state index in [4.69, 9.17) is 0 Å². The second-order valence-corrected chi connectivity index (χ2v) is 6.98. The van der Waals surface area contributed by atoms with E-state index in [1.54, 1.807) is 0 Å². The molecule has 0 unspecified atom stereocenters. The van der Waals surface area contributed by atoms with Gasteiger partial charge in [0.25, 0.3) is 5.91 Å². The molecule has 0 atom stereocenters. The number of halogens is 3. The van der Waals surface area contributed by atoms with Crippen molar-refractivity contribution in [2.45, 2.75) is 25.4 Å². The molecule has 1 aromatic heterocycles. The molecule has 0 saturated carbocycles. The maximum Gasteiger partial charge on any atom is 0.417 e. The maximum absolute atomic E-state index is 12.9. The summed E-state index contributed by atoms with van der Waals surface area (Å²) in [7, 11) is 0. The Hall–Kier alpha value is -2.57. The maximum atomic E-state index is 12.9. The van der Waals surface area contributed by atoms with Crippen LogP contribution in [0.1, 0.15) is 33.5 Å². The van der Waals surface area contributed by atoms with Crippen LogP contribution in [0.2, 0.25) is 0 Å². The number of hydrogen-bond acceptors (Lipinski definition) is 3. The predicted octanol–water partition coefficient (Wildman–Crippen LogP) is 3.55. The van der Waals surface area contributed by atoms with Crippen molar-refractivity contribution >= 4 is 11.7 Å². The van der Waals surface area contributed by atoms with E-state index in [9.17, 15) is 18.0 Å². The Morgan fingerprint density at radius 2 is 1.78 bits per heavy atom. The number of nitrogens with zero attached hydrogens (tertiary/aromatic N) is 3. The third-order valence-corrected chi connectivity index (χ3v) is 5.34. The van der Waals surface area contributed by atoms with Crippen LogP contribution in [-0.4, -0.2) is 42.0 Å². The molecule has 7 heteroatoms. The zero-order chi connectivity index (χ0) is 19.0. The quantitative estimate of drug-likeness (QED) is 0.806. The molecule has 2 aromatic rings. The van der Waals surface area contributed by atoms with Gasteiger partial charge in [0.1, 0.15) is 5.82 Å². The normalized spacial score (nSPS) is 17.1. The third kappa shape index (κ3) is 3.50. The summed E-state index contributed by atoms with van der Waals surface area (Å²) in [6.45, 7) is 2.18. The Balaban J connectivity index is 1.42. The topological polar surface area (TPSA) is 36.4 Å². The van der Waals surface area contributed by atoms with Crippen LogP contribution in [0.3, 0.4) is 0 Å². The highest BCUT2D eigenvalue weighted by Crippen LogP contribution is 2.30. The van der Waals surface area contributed by atoms with Crippen LogP contribution < -0.4 is 4.90 Å². The monoisotopic (exact) mass is 375 g/mol. The van der Waals surface area contributed by atoms with E-state index in [2.05, 4.69) is 11.1 Å². The Morgan fingerprint density at radius 3 is 2.44 bits per heavy atom. The molecule has 4 nitrogen and oxygen atoms in total. The molecule has 0 bridgehead atoms. The second kappa shape index (κ2) is 6.87. The number of alkyl halides is 3. The summed E-state index contributed by atoms with van der Waals surface area (Å²) < 4.78 is 38.0. The summed E-state index contributed by atoms with van der Waals surface area (Å²) in [5, 5.41) is 0. The lowest BCUT2D eigenvalue weighted by Crippen LogP contribution is -2.49. The molecule has 4 rings (SSSR count). The lowest BCUT2D eigenvalue weighted by atomic mass is 10.0. The summed E-state index contributed by atoms with van der Waals surface area (Å²) in [4.78, 5) is 20.6. The van der Waals surface area contributed by atoms with Crippen LogP contribution in [0.5, 0.6) is 0 Å². The Labute approximate surface area is 155 Å². The number of carbonyl (C=O) groups is 1. The fourth-order valence-corrected chi connectivity index (χ4v) is 3.87. The van der Waals surface area contributed by atoms with Gasteiger partial charge in [0.2, 0.25) is 0 Å². The molecule has 27 heavy (non-hydrogen) atoms. The molecule has 1 amide bonds. The molecule has 1 fully saturated rings. The van der Waals surface area contributed by atoms with Crippen molar-refractivity contribution in [3.8, 4) is 0 Å². The number of aromatic nitrogens is 1. The number of carbonyl (C=O) groups excluding carboxylic acids is 1. The van der Waals surface area contributed by atoms with Crippen molar-refractivity contribution in [1.82, 2.24) is 9.88 Å². The van der Waals surface area contributed by atoms with E-state index in [1.807, 2.05) is 21.9 Å². The second-order valence-electron chi connectivity index (χ2n) is 6.98. The van der Waals surface area contributed by atoms with Crippen LogP contribution in [0, 0.1) is 0 Å². The minimum absolute atomic E-state index is 0.0498. The summed E-state index contributed by atoms with van der Waals surface area (Å²) in [5.74, 6) is 0.560. The average molecular weight is 375 g/mol. The number of anilines is 1. The number of benzene rings is 1. The number of piperazine rings is 1. The summed E-state index contributed by atoms with van der Waals surface area (Å²) in [6.07, 6.45) is -0.448. The van der Waals surface area contributed by atoms with Gasteiger partial charge in [-0.1, -0.05) is 12.1 Å². The first kappa shape index (κ1) is 17.8. The van der Waals surface area contributed by atoms with Crippen molar-refractivity contribution in [3.63, 3.8) is 0 Å². The first-order valence-electron chi connectivity index (χ1n) is 9.12. The highest BCUT2D eigenvalue weighted by Gasteiger charge is 2.31. The highest BCUT2D eigenvalue weighted by molar-refractivity contribution is 5.96. The SMILES string of the molecule is O=C(c1cccc2c1CCC2)N1CCN(c2ccc(C(F)(F)F)cn2)CC1. The first-order chi connectivity index (χ1) is 12.9. The van der Waals surface area contributed by atoms with Gasteiger partial charge in [-0.15, -0.1) is 0 Å². The Morgan fingerprint density at radius 1 is 1.00 bits per heavy atom. The number of pyridine rings is 1. The molecular formula is C20H20F3N3O. The Kier molecular flexibility index (Phi) is 4.53. The Bertz CT molecular complexity index is 841. The highest BCUT2D eigenvalue weighted by atomic mass is 19.4. The molecule has 1 aliphatic heterocycles. The number of fused-ring (bicyclic) bond motifs is 1. The average Bonchev–Trinajstić information content (AvgIpc) is 3.16. The molecule has 0 spiro atoms. The number of amides is 1. The number of rotatable bonds is 2. The summed E-state index contributed by atoms with van der Waals surface area (Å²) >= 11 is 0. The minimum Gasteiger partial charge on any atom is -0.353 e. The zero-order valence-electron chi connectivity index (χ0n) is 14.8. The van der Waals surface area contributed by atoms with Gasteiger partial charge in [-0.3, -0.25) is 4.79 Å². The lowest BCUT2D eigenvalue weighted by Gasteiger charge is -2.35. The number of aryl methyl sites for hydroxylation is 1. The van der Waals surface area contributed by atoms with Crippen LogP contribution in [0.4, 0.5) is 19.0 Å². The standard InChI is InChI=1S/C20H20F3N3O/c21-20(22,23)15-7-8-18(24-13-15)25-9-11-26(12-10-25)19(27)17-6-2-4-14-3-1-5-16(14)17/h2,4,6-8,13H,1,3,5,9-12H2. The molecule has 0 radical (unpaired) electrons. The molecular weight excluding hydrogens is 355 g/mol. The van der Waals surface area contributed by atoms with E-state index >= 15 is 0 Å². The van der Waals surface area contributed by atoms with Crippen LogP contribution >= 0.6 is 0 Å². The fourth-order valence-electron chi connectivity index (χ4n) is 3.87. The van der Waals surface area contributed by atoms with Crippen molar-refractivity contribution in [2.24, 2.45) is 0 Å². The van der Waals surface area contributed by atoms with Gasteiger partial charge in [-0.25, -0.2) is 4.98 Å². The van der Waals surface area contributed by atoms with Gasteiger partial charge in [0.05, 0.1) is 5.56 Å². The van der Waals surface area contributed by atoms with Crippen LogP contribution in [-0.2, 0) is 19.0 Å². The van der Waals surface area contributed by atoms with Crippen molar-refractivity contribution in [1.29, 1.82) is 0 Å². The van der Waals surface area contributed by atoms with Gasteiger partial charge in [-0.05, 0) is 48.6 Å². The molecule has 142 valence electrons. The predicted molar refractivity (Wildman–Crippen MR) is 95.8 cm³/mol. The third-order valence-electron chi connectivity index (χ3n) is 5.34. The molecule has 2 aliphatic rings. The van der Waals surface area contributed by atoms with Gasteiger partial charge in [0, 0.05) is 37.9 Å². The van der Waals surface area contributed by atoms with E-state index < -0.39 is 11.7 Å². The van der Waals surface area contributed by atoms with Crippen molar-refractivity contribution in [2.75, 3.05) is 31.1 Å². The largest absolute Gasteiger partial charge is 0.417 e.